The van der Waals surface area contributed by atoms with Crippen LogP contribution in [0.2, 0.25) is 0 Å². The minimum absolute atomic E-state index is 0.0280. The number of ether oxygens (including phenoxy) is 2. The minimum atomic E-state index is -0.790. The molecule has 4 aromatic rings. The van der Waals surface area contributed by atoms with Crippen molar-refractivity contribution in [1.29, 1.82) is 0 Å². The van der Waals surface area contributed by atoms with Gasteiger partial charge in [-0.1, -0.05) is 12.1 Å². The summed E-state index contributed by atoms with van der Waals surface area (Å²) in [5.41, 5.74) is 0.797. The number of likely N-dealkylation sites (N-methyl/N-ethyl adjacent to an activating group) is 1. The Hall–Kier alpha value is -4.24. The Balaban J connectivity index is 1.48. The van der Waals surface area contributed by atoms with Gasteiger partial charge in [0.1, 0.15) is 17.1 Å². The van der Waals surface area contributed by atoms with Crippen molar-refractivity contribution in [2.24, 2.45) is 0 Å². The fraction of sp³-hybridized carbons (Fsp3) is 0.259. The maximum Gasteiger partial charge on any atom is 0.231 e. The van der Waals surface area contributed by atoms with Crippen LogP contribution in [-0.2, 0) is 4.79 Å². The summed E-state index contributed by atoms with van der Waals surface area (Å²) in [6, 6.07) is 13.4. The lowest BCUT2D eigenvalue weighted by Crippen LogP contribution is -2.35. The molecule has 1 aliphatic heterocycles. The molecule has 9 nitrogen and oxygen atoms in total. The lowest BCUT2D eigenvalue weighted by molar-refractivity contribution is -0.121. The van der Waals surface area contributed by atoms with E-state index in [1.165, 1.54) is 12.3 Å². The molecule has 0 saturated carbocycles. The number of furan rings is 1. The Morgan fingerprint density at radius 2 is 1.83 bits per heavy atom. The van der Waals surface area contributed by atoms with Gasteiger partial charge in [-0.3, -0.25) is 14.5 Å². The summed E-state index contributed by atoms with van der Waals surface area (Å²) in [4.78, 5) is 28.6. The third-order valence-electron chi connectivity index (χ3n) is 6.36. The quantitative estimate of drug-likeness (QED) is 0.384. The molecule has 186 valence electrons. The van der Waals surface area contributed by atoms with E-state index in [-0.39, 0.29) is 41.9 Å². The molecule has 9 heteroatoms. The molecule has 0 saturated heterocycles. The number of phenolic OH excluding ortho intramolecular Hbond substituents is 1. The lowest BCUT2D eigenvalue weighted by Gasteiger charge is -2.23. The molecule has 0 unspecified atom stereocenters. The molecule has 2 aromatic heterocycles. The SMILES string of the molecule is CN(C)[C@H](CNC(=O)C[C@@H](c1cc2c(cc1O)OCO2)c1coc2ccccc2c1=O)c1ccco1. The molecule has 3 heterocycles. The highest BCUT2D eigenvalue weighted by molar-refractivity contribution is 5.80. The van der Waals surface area contributed by atoms with Crippen LogP contribution in [0.3, 0.4) is 0 Å². The zero-order valence-corrected chi connectivity index (χ0v) is 19.9. The van der Waals surface area contributed by atoms with Crippen molar-refractivity contribution in [3.63, 3.8) is 0 Å². The number of phenols is 1. The predicted octanol–water partition coefficient (Wildman–Crippen LogP) is 3.76. The lowest BCUT2D eigenvalue weighted by atomic mass is 9.87. The smallest absolute Gasteiger partial charge is 0.231 e. The summed E-state index contributed by atoms with van der Waals surface area (Å²) in [6.45, 7) is 0.325. The van der Waals surface area contributed by atoms with Gasteiger partial charge in [0.15, 0.2) is 16.9 Å². The average molecular weight is 491 g/mol. The number of rotatable bonds is 8. The number of aromatic hydroxyl groups is 1. The first-order chi connectivity index (χ1) is 17.4. The molecular weight excluding hydrogens is 464 g/mol. The molecule has 0 spiro atoms. The minimum Gasteiger partial charge on any atom is -0.508 e. The van der Waals surface area contributed by atoms with Crippen LogP contribution in [0.4, 0.5) is 0 Å². The first-order valence-electron chi connectivity index (χ1n) is 11.5. The van der Waals surface area contributed by atoms with E-state index >= 15 is 0 Å². The number of carbonyl (C=O) groups excluding carboxylic acids is 1. The summed E-state index contributed by atoms with van der Waals surface area (Å²) < 4.78 is 22.1. The highest BCUT2D eigenvalue weighted by atomic mass is 16.7. The van der Waals surface area contributed by atoms with Crippen molar-refractivity contribution >= 4 is 16.9 Å². The number of carbonyl (C=O) groups is 1. The Bertz CT molecular complexity index is 1440. The van der Waals surface area contributed by atoms with Gasteiger partial charge in [0.2, 0.25) is 12.7 Å². The zero-order chi connectivity index (χ0) is 25.2. The average Bonchev–Trinajstić information content (AvgIpc) is 3.55. The Kier molecular flexibility index (Phi) is 6.39. The predicted molar refractivity (Wildman–Crippen MR) is 131 cm³/mol. The second-order valence-corrected chi connectivity index (χ2v) is 8.84. The molecule has 1 aliphatic rings. The fourth-order valence-corrected chi connectivity index (χ4v) is 4.43. The van der Waals surface area contributed by atoms with Crippen LogP contribution < -0.4 is 20.2 Å². The van der Waals surface area contributed by atoms with Crippen LogP contribution in [0.15, 0.2) is 74.7 Å². The Morgan fingerprint density at radius 3 is 2.58 bits per heavy atom. The fourth-order valence-electron chi connectivity index (χ4n) is 4.43. The summed E-state index contributed by atoms with van der Waals surface area (Å²) >= 11 is 0. The summed E-state index contributed by atoms with van der Waals surface area (Å²) in [5, 5.41) is 14.2. The number of hydrogen-bond donors (Lipinski definition) is 2. The maximum atomic E-state index is 13.4. The second-order valence-electron chi connectivity index (χ2n) is 8.84. The van der Waals surface area contributed by atoms with Gasteiger partial charge in [-0.2, -0.15) is 0 Å². The third kappa shape index (κ3) is 4.52. The van der Waals surface area contributed by atoms with Crippen LogP contribution in [0.5, 0.6) is 17.2 Å². The normalized spacial score (nSPS) is 14.2. The van der Waals surface area contributed by atoms with Crippen LogP contribution in [0.1, 0.15) is 35.3 Å². The Morgan fingerprint density at radius 1 is 1.06 bits per heavy atom. The van der Waals surface area contributed by atoms with Gasteiger partial charge in [-0.25, -0.2) is 0 Å². The number of amides is 1. The van der Waals surface area contributed by atoms with E-state index in [0.29, 0.717) is 34.6 Å². The number of benzene rings is 2. The van der Waals surface area contributed by atoms with Gasteiger partial charge in [-0.15, -0.1) is 0 Å². The van der Waals surface area contributed by atoms with E-state index in [9.17, 15) is 14.7 Å². The van der Waals surface area contributed by atoms with E-state index in [1.54, 1.807) is 42.7 Å². The van der Waals surface area contributed by atoms with E-state index in [0.717, 1.165) is 5.76 Å². The molecule has 2 N–H and O–H groups in total. The maximum absolute atomic E-state index is 13.4. The van der Waals surface area contributed by atoms with Crippen LogP contribution in [0.25, 0.3) is 11.0 Å². The van der Waals surface area contributed by atoms with Crippen molar-refractivity contribution in [1.82, 2.24) is 10.2 Å². The largest absolute Gasteiger partial charge is 0.508 e. The topological polar surface area (TPSA) is 114 Å². The van der Waals surface area contributed by atoms with Crippen molar-refractivity contribution < 1.29 is 28.2 Å². The highest BCUT2D eigenvalue weighted by Gasteiger charge is 2.29. The number of hydrogen-bond acceptors (Lipinski definition) is 8. The molecule has 1 amide bonds. The molecular formula is C27H26N2O7. The molecule has 0 bridgehead atoms. The molecule has 0 fully saturated rings. The number of nitrogens with zero attached hydrogens (tertiary/aromatic N) is 1. The highest BCUT2D eigenvalue weighted by Crippen LogP contribution is 2.42. The van der Waals surface area contributed by atoms with Gasteiger partial charge in [0.25, 0.3) is 0 Å². The molecule has 0 aliphatic carbocycles. The molecule has 5 rings (SSSR count). The third-order valence-corrected chi connectivity index (χ3v) is 6.36. The van der Waals surface area contributed by atoms with Crippen molar-refractivity contribution in [3.05, 3.63) is 88.2 Å². The van der Waals surface area contributed by atoms with Crippen LogP contribution in [0, 0.1) is 0 Å². The zero-order valence-electron chi connectivity index (χ0n) is 19.9. The van der Waals surface area contributed by atoms with Gasteiger partial charge in [-0.05, 0) is 44.4 Å². The summed E-state index contributed by atoms with van der Waals surface area (Å²) in [5.74, 6) is 0.359. The van der Waals surface area contributed by atoms with Crippen molar-refractivity contribution in [2.75, 3.05) is 27.4 Å². The molecule has 36 heavy (non-hydrogen) atoms. The van der Waals surface area contributed by atoms with Gasteiger partial charge in [0, 0.05) is 36.1 Å². The van der Waals surface area contributed by atoms with E-state index in [1.807, 2.05) is 25.1 Å². The van der Waals surface area contributed by atoms with E-state index in [2.05, 4.69) is 5.32 Å². The summed E-state index contributed by atoms with van der Waals surface area (Å²) in [6.07, 6.45) is 2.85. The molecule has 2 aromatic carbocycles. The van der Waals surface area contributed by atoms with E-state index < -0.39 is 5.92 Å². The van der Waals surface area contributed by atoms with Gasteiger partial charge >= 0.3 is 0 Å². The second kappa shape index (κ2) is 9.79. The van der Waals surface area contributed by atoms with Gasteiger partial charge < -0.3 is 28.7 Å². The standard InChI is InChI=1S/C27H26N2O7/c1-29(2)20(23-8-5-9-33-23)13-28-26(31)11-17(18-10-24-25(12-21(18)30)36-15-35-24)19-14-34-22-7-4-3-6-16(22)27(19)32/h3-10,12,14,17,20,30H,11,13,15H2,1-2H3,(H,28,31)/t17-,20+/m0/s1. The Labute approximate surface area is 206 Å². The first kappa shape index (κ1) is 23.5. The monoisotopic (exact) mass is 490 g/mol. The first-order valence-corrected chi connectivity index (χ1v) is 11.5. The number of nitrogens with one attached hydrogen (secondary N) is 1. The van der Waals surface area contributed by atoms with Gasteiger partial charge in [0.05, 0.1) is 24.0 Å². The van der Waals surface area contributed by atoms with E-state index in [4.69, 9.17) is 18.3 Å². The molecule has 2 atom stereocenters. The van der Waals surface area contributed by atoms with Crippen LogP contribution >= 0.6 is 0 Å². The van der Waals surface area contributed by atoms with Crippen LogP contribution in [-0.4, -0.2) is 43.3 Å². The van der Waals surface area contributed by atoms with Crippen molar-refractivity contribution in [2.45, 2.75) is 18.4 Å². The number of fused-ring (bicyclic) bond motifs is 2. The molecule has 0 radical (unpaired) electrons. The summed E-state index contributed by atoms with van der Waals surface area (Å²) in [7, 11) is 3.79. The number of para-hydroxylation sites is 1. The van der Waals surface area contributed by atoms with Crippen molar-refractivity contribution in [3.8, 4) is 17.2 Å².